The van der Waals surface area contributed by atoms with Crippen molar-refractivity contribution in [2.45, 2.75) is 38.5 Å². The van der Waals surface area contributed by atoms with E-state index in [0.29, 0.717) is 25.2 Å². The van der Waals surface area contributed by atoms with Gasteiger partial charge in [-0.3, -0.25) is 14.4 Å². The molecule has 1 aliphatic rings. The summed E-state index contributed by atoms with van der Waals surface area (Å²) in [4.78, 5) is 55.8. The predicted octanol–water partition coefficient (Wildman–Crippen LogP) is 2.85. The number of carbonyl (C=O) groups excluding carboxylic acids is 3. The van der Waals surface area contributed by atoms with Crippen molar-refractivity contribution in [1.82, 2.24) is 0 Å². The number of rotatable bonds is 13. The van der Waals surface area contributed by atoms with E-state index in [1.807, 2.05) is 0 Å². The van der Waals surface area contributed by atoms with Crippen molar-refractivity contribution in [3.63, 3.8) is 0 Å². The van der Waals surface area contributed by atoms with Gasteiger partial charge in [-0.15, -0.1) is 0 Å². The highest BCUT2D eigenvalue weighted by molar-refractivity contribution is 5.81. The van der Waals surface area contributed by atoms with Crippen molar-refractivity contribution in [1.29, 1.82) is 0 Å². The van der Waals surface area contributed by atoms with Gasteiger partial charge in [0.15, 0.2) is 5.75 Å². The monoisotopic (exact) mass is 464 g/mol. The first-order chi connectivity index (χ1) is 15.9. The smallest absolute Gasteiger partial charge is 0.330 e. The molecule has 0 heterocycles. The molecule has 0 radical (unpaired) electrons. The SMILES string of the molecule is C=CC(=O)OCCOC(=O)CCC(=O)Oc1ccc(OOCC2CCC(C(=O)O)CC2)cc1. The molecule has 2 rings (SSSR count). The summed E-state index contributed by atoms with van der Waals surface area (Å²) < 4.78 is 14.6. The summed E-state index contributed by atoms with van der Waals surface area (Å²) in [6, 6.07) is 6.20. The van der Waals surface area contributed by atoms with E-state index in [4.69, 9.17) is 24.4 Å². The molecule has 0 aliphatic heterocycles. The van der Waals surface area contributed by atoms with Crippen LogP contribution < -0.4 is 9.62 Å². The third kappa shape index (κ3) is 10.2. The van der Waals surface area contributed by atoms with Gasteiger partial charge in [0.25, 0.3) is 0 Å². The van der Waals surface area contributed by atoms with Gasteiger partial charge in [-0.25, -0.2) is 4.79 Å². The second-order valence-electron chi connectivity index (χ2n) is 7.46. The Hall–Kier alpha value is -3.40. The molecule has 0 spiro atoms. The Balaban J connectivity index is 1.59. The lowest BCUT2D eigenvalue weighted by molar-refractivity contribution is -0.218. The quantitative estimate of drug-likeness (QED) is 0.116. The van der Waals surface area contributed by atoms with Gasteiger partial charge >= 0.3 is 23.9 Å². The molecule has 0 unspecified atom stereocenters. The number of ether oxygens (including phenoxy) is 3. The normalized spacial score (nSPS) is 17.5. The maximum absolute atomic E-state index is 11.9. The number of benzene rings is 1. The van der Waals surface area contributed by atoms with Gasteiger partial charge in [0.1, 0.15) is 19.0 Å². The summed E-state index contributed by atoms with van der Waals surface area (Å²) in [5, 5.41) is 9.02. The standard InChI is InChI=1S/C23H28O10/c1-2-20(24)29-13-14-30-21(25)11-12-22(26)32-18-7-9-19(10-8-18)33-31-15-16-3-5-17(6-4-16)23(27)28/h2,7-10,16-17H,1,3-6,11-15H2,(H,27,28). The molecule has 180 valence electrons. The molecule has 0 amide bonds. The van der Waals surface area contributed by atoms with Crippen molar-refractivity contribution >= 4 is 23.9 Å². The molecule has 1 aromatic carbocycles. The Morgan fingerprint density at radius 1 is 0.909 bits per heavy atom. The van der Waals surface area contributed by atoms with Crippen LogP contribution in [-0.4, -0.2) is 48.8 Å². The van der Waals surface area contributed by atoms with E-state index >= 15 is 0 Å². The fourth-order valence-electron chi connectivity index (χ4n) is 3.15. The number of carboxylic acids is 1. The summed E-state index contributed by atoms with van der Waals surface area (Å²) in [6.07, 6.45) is 3.52. The van der Waals surface area contributed by atoms with Crippen molar-refractivity contribution in [2.75, 3.05) is 19.8 Å². The van der Waals surface area contributed by atoms with E-state index in [1.165, 1.54) is 12.1 Å². The van der Waals surface area contributed by atoms with Crippen molar-refractivity contribution < 1.29 is 48.3 Å². The van der Waals surface area contributed by atoms with Crippen molar-refractivity contribution in [3.8, 4) is 11.5 Å². The molecule has 1 aliphatic carbocycles. The fourth-order valence-corrected chi connectivity index (χ4v) is 3.15. The number of hydrogen-bond acceptors (Lipinski definition) is 9. The molecule has 1 N–H and O–H groups in total. The van der Waals surface area contributed by atoms with Crippen LogP contribution in [0.5, 0.6) is 11.5 Å². The van der Waals surface area contributed by atoms with Crippen molar-refractivity contribution in [2.24, 2.45) is 11.8 Å². The third-order valence-corrected chi connectivity index (χ3v) is 5.00. The molecule has 10 heteroatoms. The second-order valence-corrected chi connectivity index (χ2v) is 7.46. The Labute approximate surface area is 191 Å². The first-order valence-electron chi connectivity index (χ1n) is 10.6. The molecule has 1 aromatic rings. The number of carboxylic acid groups (broad SMARTS) is 1. The highest BCUT2D eigenvalue weighted by atomic mass is 17.2. The zero-order chi connectivity index (χ0) is 24.1. The minimum absolute atomic E-state index is 0.0922. The van der Waals surface area contributed by atoms with Gasteiger partial charge in [0, 0.05) is 6.08 Å². The van der Waals surface area contributed by atoms with Crippen LogP contribution in [0.25, 0.3) is 0 Å². The minimum atomic E-state index is -0.741. The molecule has 1 fully saturated rings. The summed E-state index contributed by atoms with van der Waals surface area (Å²) >= 11 is 0. The lowest BCUT2D eigenvalue weighted by Crippen LogP contribution is -2.24. The first kappa shape index (κ1) is 25.9. The van der Waals surface area contributed by atoms with Crippen LogP contribution in [0.4, 0.5) is 0 Å². The molecule has 0 saturated heterocycles. The van der Waals surface area contributed by atoms with Gasteiger partial charge in [0.05, 0.1) is 25.4 Å². The predicted molar refractivity (Wildman–Crippen MR) is 113 cm³/mol. The molecule has 33 heavy (non-hydrogen) atoms. The molecule has 1 saturated carbocycles. The van der Waals surface area contributed by atoms with Crippen LogP contribution in [0.3, 0.4) is 0 Å². The Bertz CT molecular complexity index is 809. The van der Waals surface area contributed by atoms with Gasteiger partial charge in [0.2, 0.25) is 0 Å². The lowest BCUT2D eigenvalue weighted by Gasteiger charge is -2.25. The van der Waals surface area contributed by atoms with Gasteiger partial charge in [-0.1, -0.05) is 6.58 Å². The lowest BCUT2D eigenvalue weighted by atomic mass is 9.82. The van der Waals surface area contributed by atoms with E-state index in [2.05, 4.69) is 11.3 Å². The summed E-state index contributed by atoms with van der Waals surface area (Å²) in [5.74, 6) is -1.87. The van der Waals surface area contributed by atoms with E-state index in [1.54, 1.807) is 12.1 Å². The Morgan fingerprint density at radius 3 is 2.15 bits per heavy atom. The number of carbonyl (C=O) groups is 4. The number of esters is 3. The van der Waals surface area contributed by atoms with Gasteiger partial charge < -0.3 is 24.2 Å². The Morgan fingerprint density at radius 2 is 1.52 bits per heavy atom. The zero-order valence-corrected chi connectivity index (χ0v) is 18.2. The van der Waals surface area contributed by atoms with Gasteiger partial charge in [-0.05, 0) is 55.9 Å². The highest BCUT2D eigenvalue weighted by Crippen LogP contribution is 2.29. The topological polar surface area (TPSA) is 135 Å². The molecule has 10 nitrogen and oxygen atoms in total. The van der Waals surface area contributed by atoms with E-state index in [0.717, 1.165) is 18.9 Å². The van der Waals surface area contributed by atoms with Crippen LogP contribution in [-0.2, 0) is 33.5 Å². The Kier molecular flexibility index (Phi) is 10.9. The number of hydrogen-bond donors (Lipinski definition) is 1. The first-order valence-corrected chi connectivity index (χ1v) is 10.6. The van der Waals surface area contributed by atoms with Crippen LogP contribution in [0.2, 0.25) is 0 Å². The number of aliphatic carboxylic acids is 1. The van der Waals surface area contributed by atoms with Crippen LogP contribution in [0.15, 0.2) is 36.9 Å². The second kappa shape index (κ2) is 13.9. The summed E-state index contributed by atoms with van der Waals surface area (Å²) in [5.41, 5.74) is 0. The third-order valence-electron chi connectivity index (χ3n) is 5.00. The average Bonchev–Trinajstić information content (AvgIpc) is 2.81. The fraction of sp³-hybridized carbons (Fsp3) is 0.478. The van der Waals surface area contributed by atoms with Crippen LogP contribution in [0, 0.1) is 11.8 Å². The molecule has 0 bridgehead atoms. The summed E-state index contributed by atoms with van der Waals surface area (Å²) in [7, 11) is 0. The molecular weight excluding hydrogens is 436 g/mol. The van der Waals surface area contributed by atoms with Crippen molar-refractivity contribution in [3.05, 3.63) is 36.9 Å². The highest BCUT2D eigenvalue weighted by Gasteiger charge is 2.26. The van der Waals surface area contributed by atoms with E-state index in [9.17, 15) is 19.2 Å². The average molecular weight is 464 g/mol. The van der Waals surface area contributed by atoms with E-state index < -0.39 is 23.9 Å². The minimum Gasteiger partial charge on any atom is -0.481 e. The molecule has 0 atom stereocenters. The molecular formula is C23H28O10. The largest absolute Gasteiger partial charge is 0.481 e. The van der Waals surface area contributed by atoms with E-state index in [-0.39, 0.29) is 43.6 Å². The maximum Gasteiger partial charge on any atom is 0.330 e. The summed E-state index contributed by atoms with van der Waals surface area (Å²) in [6.45, 7) is 3.41. The molecule has 0 aromatic heterocycles. The van der Waals surface area contributed by atoms with Crippen LogP contribution in [0.1, 0.15) is 38.5 Å². The zero-order valence-electron chi connectivity index (χ0n) is 18.2. The van der Waals surface area contributed by atoms with Gasteiger partial charge in [-0.2, -0.15) is 4.89 Å². The van der Waals surface area contributed by atoms with Crippen LogP contribution >= 0.6 is 0 Å². The maximum atomic E-state index is 11.9.